The monoisotopic (exact) mass is 269 g/mol. The van der Waals surface area contributed by atoms with Gasteiger partial charge in [-0.2, -0.15) is 0 Å². The maximum Gasteiger partial charge on any atom is 0.219 e. The number of hydrogen-bond acceptors (Lipinski definition) is 5. The average molecular weight is 269 g/mol. The van der Waals surface area contributed by atoms with Crippen LogP contribution >= 0.6 is 0 Å². The highest BCUT2D eigenvalue weighted by atomic mass is 15.1. The summed E-state index contributed by atoms with van der Waals surface area (Å²) >= 11 is 0. The third kappa shape index (κ3) is 3.11. The van der Waals surface area contributed by atoms with Crippen molar-refractivity contribution in [3.8, 4) is 0 Å². The molecule has 0 saturated carbocycles. The summed E-state index contributed by atoms with van der Waals surface area (Å²) in [4.78, 5) is 14.7. The van der Waals surface area contributed by atoms with Crippen molar-refractivity contribution in [2.45, 2.75) is 25.3 Å². The summed E-state index contributed by atoms with van der Waals surface area (Å²) in [6.07, 6.45) is 9.82. The minimum Gasteiger partial charge on any atom is -0.368 e. The molecule has 20 heavy (non-hydrogen) atoms. The van der Waals surface area contributed by atoms with Crippen LogP contribution < -0.4 is 5.73 Å². The van der Waals surface area contributed by atoms with Crippen LogP contribution in [-0.2, 0) is 6.54 Å². The molecule has 3 rings (SSSR count). The van der Waals surface area contributed by atoms with Crippen molar-refractivity contribution in [1.82, 2.24) is 19.9 Å². The molecule has 0 spiro atoms. The van der Waals surface area contributed by atoms with Crippen LogP contribution in [0.3, 0.4) is 0 Å². The molecule has 1 aliphatic rings. The lowest BCUT2D eigenvalue weighted by Gasteiger charge is -2.31. The minimum atomic E-state index is 0.337. The van der Waals surface area contributed by atoms with Crippen LogP contribution in [0.5, 0.6) is 0 Å². The van der Waals surface area contributed by atoms with Crippen molar-refractivity contribution >= 4 is 5.95 Å². The Hall–Kier alpha value is -2.01. The number of nitrogens with two attached hydrogens (primary N) is 1. The second-order valence-corrected chi connectivity index (χ2v) is 5.29. The summed E-state index contributed by atoms with van der Waals surface area (Å²) in [5.74, 6) is 0.978. The van der Waals surface area contributed by atoms with Gasteiger partial charge in [-0.15, -0.1) is 0 Å². The molecule has 1 fully saturated rings. The summed E-state index contributed by atoms with van der Waals surface area (Å²) in [6, 6.07) is 4.20. The zero-order valence-corrected chi connectivity index (χ0v) is 11.4. The van der Waals surface area contributed by atoms with Crippen LogP contribution in [0.15, 0.2) is 36.9 Å². The van der Waals surface area contributed by atoms with E-state index in [2.05, 4.69) is 25.9 Å². The van der Waals surface area contributed by atoms with Gasteiger partial charge >= 0.3 is 0 Å². The van der Waals surface area contributed by atoms with E-state index >= 15 is 0 Å². The number of nitrogens with zero attached hydrogens (tertiary/aromatic N) is 4. The normalized spacial score (nSPS) is 17.2. The Kier molecular flexibility index (Phi) is 3.87. The van der Waals surface area contributed by atoms with E-state index in [0.717, 1.165) is 25.2 Å². The number of rotatable bonds is 3. The molecular weight excluding hydrogens is 250 g/mol. The van der Waals surface area contributed by atoms with Crippen molar-refractivity contribution in [2.24, 2.45) is 0 Å². The number of pyridine rings is 1. The van der Waals surface area contributed by atoms with E-state index < -0.39 is 0 Å². The Labute approximate surface area is 118 Å². The molecule has 5 nitrogen and oxygen atoms in total. The Balaban J connectivity index is 1.55. The number of aromatic nitrogens is 3. The molecule has 5 heteroatoms. The predicted octanol–water partition coefficient (Wildman–Crippen LogP) is 1.83. The van der Waals surface area contributed by atoms with Crippen molar-refractivity contribution in [3.05, 3.63) is 48.0 Å². The molecule has 0 radical (unpaired) electrons. The summed E-state index contributed by atoms with van der Waals surface area (Å²) in [5.41, 5.74) is 7.99. The Morgan fingerprint density at radius 2 is 1.90 bits per heavy atom. The van der Waals surface area contributed by atoms with Gasteiger partial charge in [-0.05, 0) is 43.5 Å². The summed E-state index contributed by atoms with van der Waals surface area (Å²) in [5, 5.41) is 0. The lowest BCUT2D eigenvalue weighted by atomic mass is 9.90. The maximum atomic E-state index is 5.50. The third-order valence-corrected chi connectivity index (χ3v) is 3.87. The van der Waals surface area contributed by atoms with Crippen molar-refractivity contribution in [1.29, 1.82) is 0 Å². The molecule has 1 saturated heterocycles. The van der Waals surface area contributed by atoms with Gasteiger partial charge in [-0.25, -0.2) is 9.97 Å². The van der Waals surface area contributed by atoms with Gasteiger partial charge < -0.3 is 5.73 Å². The largest absolute Gasteiger partial charge is 0.368 e. The maximum absolute atomic E-state index is 5.50. The molecule has 0 amide bonds. The molecular formula is C15H19N5. The van der Waals surface area contributed by atoms with Crippen LogP contribution in [0.4, 0.5) is 5.95 Å². The molecule has 1 aliphatic heterocycles. The van der Waals surface area contributed by atoms with Gasteiger partial charge in [0.05, 0.1) is 0 Å². The number of hydrogen-bond donors (Lipinski definition) is 1. The van der Waals surface area contributed by atoms with E-state index in [0.29, 0.717) is 11.9 Å². The first-order chi connectivity index (χ1) is 9.81. The molecule has 0 aromatic carbocycles. The van der Waals surface area contributed by atoms with Gasteiger partial charge in [0.15, 0.2) is 0 Å². The first-order valence-corrected chi connectivity index (χ1v) is 7.00. The van der Waals surface area contributed by atoms with Crippen LogP contribution in [0, 0.1) is 0 Å². The topological polar surface area (TPSA) is 67.9 Å². The van der Waals surface area contributed by atoms with Gasteiger partial charge in [0.25, 0.3) is 0 Å². The molecule has 0 bridgehead atoms. The average Bonchev–Trinajstić information content (AvgIpc) is 2.51. The van der Waals surface area contributed by atoms with Gasteiger partial charge in [0, 0.05) is 36.9 Å². The molecule has 104 valence electrons. The first-order valence-electron chi connectivity index (χ1n) is 7.00. The zero-order valence-electron chi connectivity index (χ0n) is 11.4. The van der Waals surface area contributed by atoms with Crippen molar-refractivity contribution in [3.63, 3.8) is 0 Å². The van der Waals surface area contributed by atoms with E-state index in [1.54, 1.807) is 0 Å². The van der Waals surface area contributed by atoms with Gasteiger partial charge in [-0.1, -0.05) is 6.07 Å². The Morgan fingerprint density at radius 3 is 2.55 bits per heavy atom. The molecule has 0 aliphatic carbocycles. The predicted molar refractivity (Wildman–Crippen MR) is 77.9 cm³/mol. The summed E-state index contributed by atoms with van der Waals surface area (Å²) in [6.45, 7) is 3.11. The van der Waals surface area contributed by atoms with E-state index in [1.807, 2.05) is 30.9 Å². The van der Waals surface area contributed by atoms with E-state index in [-0.39, 0.29) is 0 Å². The number of likely N-dealkylation sites (tertiary alicyclic amines) is 1. The fraction of sp³-hybridized carbons (Fsp3) is 0.400. The van der Waals surface area contributed by atoms with Crippen molar-refractivity contribution < 1.29 is 0 Å². The van der Waals surface area contributed by atoms with Crippen LogP contribution in [0.1, 0.15) is 29.9 Å². The fourth-order valence-electron chi connectivity index (χ4n) is 2.75. The summed E-state index contributed by atoms with van der Waals surface area (Å²) < 4.78 is 0. The second-order valence-electron chi connectivity index (χ2n) is 5.29. The summed E-state index contributed by atoms with van der Waals surface area (Å²) in [7, 11) is 0. The molecule has 3 heterocycles. The molecule has 2 aromatic heterocycles. The highest BCUT2D eigenvalue weighted by molar-refractivity contribution is 5.18. The molecule has 2 aromatic rings. The van der Waals surface area contributed by atoms with Crippen LogP contribution in [0.2, 0.25) is 0 Å². The van der Waals surface area contributed by atoms with Crippen molar-refractivity contribution in [2.75, 3.05) is 18.8 Å². The smallest absolute Gasteiger partial charge is 0.219 e. The zero-order chi connectivity index (χ0) is 13.8. The quantitative estimate of drug-likeness (QED) is 0.920. The number of piperidine rings is 1. The number of anilines is 1. The highest BCUT2D eigenvalue weighted by Crippen LogP contribution is 2.27. The lowest BCUT2D eigenvalue weighted by molar-refractivity contribution is 0.204. The second kappa shape index (κ2) is 5.96. The minimum absolute atomic E-state index is 0.337. The van der Waals surface area contributed by atoms with E-state index in [4.69, 9.17) is 5.73 Å². The first kappa shape index (κ1) is 13.0. The molecule has 0 atom stereocenters. The third-order valence-electron chi connectivity index (χ3n) is 3.87. The van der Waals surface area contributed by atoms with E-state index in [1.165, 1.54) is 18.4 Å². The number of nitrogen functional groups attached to an aromatic ring is 1. The highest BCUT2D eigenvalue weighted by Gasteiger charge is 2.20. The van der Waals surface area contributed by atoms with Gasteiger partial charge in [0.2, 0.25) is 5.95 Å². The standard InChI is InChI=1S/C15H19N5/c16-15-18-8-12(9-19-15)11-20-6-3-13(4-7-20)14-2-1-5-17-10-14/h1-2,5,8-10,13H,3-4,6-7,11H2,(H2,16,18,19). The Morgan fingerprint density at radius 1 is 1.15 bits per heavy atom. The fourth-order valence-corrected chi connectivity index (χ4v) is 2.75. The van der Waals surface area contributed by atoms with Crippen LogP contribution in [-0.4, -0.2) is 32.9 Å². The van der Waals surface area contributed by atoms with Gasteiger partial charge in [-0.3, -0.25) is 9.88 Å². The van der Waals surface area contributed by atoms with Crippen LogP contribution in [0.25, 0.3) is 0 Å². The SMILES string of the molecule is Nc1ncc(CN2CCC(c3cccnc3)CC2)cn1. The van der Waals surface area contributed by atoms with Gasteiger partial charge in [0.1, 0.15) is 0 Å². The Bertz CT molecular complexity index is 532. The lowest BCUT2D eigenvalue weighted by Crippen LogP contribution is -2.32. The van der Waals surface area contributed by atoms with E-state index in [9.17, 15) is 0 Å². The molecule has 0 unspecified atom stereocenters. The molecule has 2 N–H and O–H groups in total.